The highest BCUT2D eigenvalue weighted by Crippen LogP contribution is 2.33. The van der Waals surface area contributed by atoms with Gasteiger partial charge in [-0.3, -0.25) is 4.79 Å². The Kier molecular flexibility index (Phi) is 8.55. The molecule has 5 rings (SSSR count). The first kappa shape index (κ1) is 24.4. The number of hydrogen-bond donors (Lipinski definition) is 0. The van der Waals surface area contributed by atoms with Crippen molar-refractivity contribution in [2.75, 3.05) is 6.54 Å². The Morgan fingerprint density at radius 3 is 2.42 bits per heavy atom. The fraction of sp³-hybridized carbons (Fsp3) is 0.333. The Balaban J connectivity index is 0.000000212. The van der Waals surface area contributed by atoms with E-state index in [4.69, 9.17) is 6.42 Å². The van der Waals surface area contributed by atoms with E-state index in [1.54, 1.807) is 6.92 Å². The molecular weight excluding hydrogens is 404 g/mol. The molecule has 3 nitrogen and oxygen atoms in total. The maximum absolute atomic E-state index is 11.7. The summed E-state index contributed by atoms with van der Waals surface area (Å²) in [5.74, 6) is 2.95. The van der Waals surface area contributed by atoms with Crippen molar-refractivity contribution < 1.29 is 4.79 Å². The summed E-state index contributed by atoms with van der Waals surface area (Å²) in [6.07, 6.45) is 13.1. The van der Waals surface area contributed by atoms with Gasteiger partial charge in [-0.05, 0) is 24.5 Å². The molecule has 0 saturated carbocycles. The van der Waals surface area contributed by atoms with Gasteiger partial charge in [0.1, 0.15) is 0 Å². The maximum atomic E-state index is 11.7. The Bertz CT molecular complexity index is 1160. The van der Waals surface area contributed by atoms with Gasteiger partial charge in [0.05, 0.1) is 5.52 Å². The van der Waals surface area contributed by atoms with Crippen molar-refractivity contribution in [2.45, 2.75) is 60.0 Å². The van der Waals surface area contributed by atoms with Crippen LogP contribution in [0.15, 0.2) is 60.2 Å². The zero-order valence-electron chi connectivity index (χ0n) is 20.4. The highest BCUT2D eigenvalue weighted by atomic mass is 16.2. The van der Waals surface area contributed by atoms with Gasteiger partial charge in [-0.2, -0.15) is 0 Å². The highest BCUT2D eigenvalue weighted by molar-refractivity contribution is 5.91. The van der Waals surface area contributed by atoms with Gasteiger partial charge in [0, 0.05) is 61.6 Å². The molecular formula is C30H35N2O. The van der Waals surface area contributed by atoms with Crippen molar-refractivity contribution in [3.8, 4) is 12.3 Å². The first-order valence-electron chi connectivity index (χ1n) is 12.0. The minimum absolute atomic E-state index is 0.144. The molecule has 2 heterocycles. The first-order chi connectivity index (χ1) is 16.1. The van der Waals surface area contributed by atoms with E-state index in [0.29, 0.717) is 6.54 Å². The zero-order chi connectivity index (χ0) is 23.8. The van der Waals surface area contributed by atoms with Crippen LogP contribution in [0.4, 0.5) is 0 Å². The summed E-state index contributed by atoms with van der Waals surface area (Å²) < 4.78 is 2.37. The monoisotopic (exact) mass is 439 g/mol. The van der Waals surface area contributed by atoms with Crippen LogP contribution in [0.2, 0.25) is 0 Å². The molecule has 0 bridgehead atoms. The molecule has 0 atom stereocenters. The molecule has 3 heteroatoms. The van der Waals surface area contributed by atoms with Crippen LogP contribution in [0.3, 0.4) is 0 Å². The van der Waals surface area contributed by atoms with E-state index in [1.165, 1.54) is 27.8 Å². The predicted molar refractivity (Wildman–Crippen MR) is 139 cm³/mol. The van der Waals surface area contributed by atoms with E-state index < -0.39 is 0 Å². The third-order valence-electron chi connectivity index (χ3n) is 5.97. The molecule has 1 radical (unpaired) electrons. The van der Waals surface area contributed by atoms with E-state index in [1.807, 2.05) is 30.9 Å². The number of nitrogens with zero attached hydrogens (tertiary/aromatic N) is 2. The van der Waals surface area contributed by atoms with Crippen molar-refractivity contribution in [1.82, 2.24) is 9.47 Å². The summed E-state index contributed by atoms with van der Waals surface area (Å²) in [6, 6.07) is 16.7. The Hall–Kier alpha value is -3.25. The second-order valence-corrected chi connectivity index (χ2v) is 8.18. The summed E-state index contributed by atoms with van der Waals surface area (Å²) in [4.78, 5) is 13.6. The van der Waals surface area contributed by atoms with Crippen LogP contribution in [0, 0.1) is 18.8 Å². The van der Waals surface area contributed by atoms with Gasteiger partial charge in [0.25, 0.3) is 0 Å². The number of rotatable bonds is 4. The number of aryl methyl sites for hydroxylation is 1. The van der Waals surface area contributed by atoms with E-state index in [9.17, 15) is 4.79 Å². The number of para-hydroxylation sites is 1. The largest absolute Gasteiger partial charge is 0.343 e. The standard InChI is InChI=1S/C18H20N2O.C10H9.C2H6/c1-4-10-20-17-9-11-19(13(3)21)12-16(17)15-8-6-7-14(5-2)18(15)20;1-2-4-9(5-3-1)8-10-6-7-10;1-2/h2,6-8H,4,9-12H2,1,3H3;1-7H,8H2;1-2H3. The molecule has 171 valence electrons. The van der Waals surface area contributed by atoms with Gasteiger partial charge in [0.2, 0.25) is 5.91 Å². The lowest BCUT2D eigenvalue weighted by Crippen LogP contribution is -2.34. The highest BCUT2D eigenvalue weighted by Gasteiger charge is 2.25. The quantitative estimate of drug-likeness (QED) is 0.436. The number of aromatic nitrogens is 1. The van der Waals surface area contributed by atoms with Crippen LogP contribution in [-0.2, 0) is 30.7 Å². The fourth-order valence-electron chi connectivity index (χ4n) is 4.37. The lowest BCUT2D eigenvalue weighted by Gasteiger charge is -2.27. The van der Waals surface area contributed by atoms with Crippen molar-refractivity contribution in [1.29, 1.82) is 0 Å². The Labute approximate surface area is 199 Å². The number of hydrogen-bond acceptors (Lipinski definition) is 1. The minimum atomic E-state index is 0.144. The lowest BCUT2D eigenvalue weighted by atomic mass is 10.0. The Morgan fingerprint density at radius 1 is 1.09 bits per heavy atom. The van der Waals surface area contributed by atoms with E-state index in [2.05, 4.69) is 66.3 Å². The van der Waals surface area contributed by atoms with Crippen LogP contribution < -0.4 is 0 Å². The SMILES string of the molecule is C#Cc1cccc2c3c(n(CCC)c12)CCN(C(C)=O)C3.CC.[CH]1C=C1Cc1ccccc1. The summed E-state index contributed by atoms with van der Waals surface area (Å²) in [7, 11) is 0. The molecule has 1 aromatic heterocycles. The molecule has 33 heavy (non-hydrogen) atoms. The molecule has 0 saturated heterocycles. The molecule has 2 aliphatic rings. The number of benzene rings is 2. The van der Waals surface area contributed by atoms with E-state index in [0.717, 1.165) is 43.4 Å². The summed E-state index contributed by atoms with van der Waals surface area (Å²) in [5, 5.41) is 1.21. The summed E-state index contributed by atoms with van der Waals surface area (Å²) in [5.41, 5.74) is 7.61. The van der Waals surface area contributed by atoms with Crippen molar-refractivity contribution in [3.63, 3.8) is 0 Å². The summed E-state index contributed by atoms with van der Waals surface area (Å²) in [6.45, 7) is 10.3. The number of carbonyl (C=O) groups is 1. The third kappa shape index (κ3) is 5.76. The average Bonchev–Trinajstić information content (AvgIpc) is 3.62. The number of fused-ring (bicyclic) bond motifs is 3. The number of terminal acetylenes is 1. The second-order valence-electron chi connectivity index (χ2n) is 8.18. The summed E-state index contributed by atoms with van der Waals surface area (Å²) >= 11 is 0. The molecule has 1 aliphatic heterocycles. The van der Waals surface area contributed by atoms with E-state index in [-0.39, 0.29) is 5.91 Å². The molecule has 0 N–H and O–H groups in total. The number of carbonyl (C=O) groups excluding carboxylic acids is 1. The lowest BCUT2D eigenvalue weighted by molar-refractivity contribution is -0.129. The van der Waals surface area contributed by atoms with Gasteiger partial charge in [-0.15, -0.1) is 6.42 Å². The molecule has 0 unspecified atom stereocenters. The minimum Gasteiger partial charge on any atom is -0.343 e. The van der Waals surface area contributed by atoms with Gasteiger partial charge in [-0.1, -0.05) is 80.8 Å². The number of allylic oxidation sites excluding steroid dienone is 2. The molecule has 3 aromatic rings. The van der Waals surface area contributed by atoms with Crippen LogP contribution in [0.25, 0.3) is 10.9 Å². The van der Waals surface area contributed by atoms with Crippen LogP contribution in [-0.4, -0.2) is 21.9 Å². The number of amides is 1. The van der Waals surface area contributed by atoms with Crippen LogP contribution in [0.1, 0.15) is 56.5 Å². The predicted octanol–water partition coefficient (Wildman–Crippen LogP) is 6.34. The third-order valence-corrected chi connectivity index (χ3v) is 5.97. The van der Waals surface area contributed by atoms with Gasteiger partial charge < -0.3 is 9.47 Å². The van der Waals surface area contributed by atoms with Gasteiger partial charge >= 0.3 is 0 Å². The smallest absolute Gasteiger partial charge is 0.219 e. The molecule has 0 fully saturated rings. The zero-order valence-corrected chi connectivity index (χ0v) is 20.4. The second kappa shape index (κ2) is 11.6. The van der Waals surface area contributed by atoms with Crippen molar-refractivity contribution >= 4 is 16.8 Å². The topological polar surface area (TPSA) is 25.2 Å². The molecule has 0 spiro atoms. The van der Waals surface area contributed by atoms with Crippen LogP contribution in [0.5, 0.6) is 0 Å². The van der Waals surface area contributed by atoms with E-state index >= 15 is 0 Å². The van der Waals surface area contributed by atoms with Gasteiger partial charge in [0.15, 0.2) is 0 Å². The van der Waals surface area contributed by atoms with Crippen molar-refractivity contribution in [3.05, 3.63) is 89.0 Å². The first-order valence-corrected chi connectivity index (χ1v) is 12.0. The normalized spacial score (nSPS) is 13.5. The maximum Gasteiger partial charge on any atom is 0.219 e. The fourth-order valence-corrected chi connectivity index (χ4v) is 4.37. The average molecular weight is 440 g/mol. The Morgan fingerprint density at radius 2 is 1.82 bits per heavy atom. The molecule has 1 aliphatic carbocycles. The molecule has 2 aromatic carbocycles. The van der Waals surface area contributed by atoms with Gasteiger partial charge in [-0.25, -0.2) is 0 Å². The van der Waals surface area contributed by atoms with Crippen molar-refractivity contribution in [2.24, 2.45) is 0 Å². The molecule has 1 amide bonds. The van der Waals surface area contributed by atoms with Crippen LogP contribution >= 0.6 is 0 Å².